The van der Waals surface area contributed by atoms with E-state index >= 15 is 0 Å². The highest BCUT2D eigenvalue weighted by atomic mass is 32.2. The van der Waals surface area contributed by atoms with Gasteiger partial charge in [0.2, 0.25) is 0 Å². The van der Waals surface area contributed by atoms with Crippen LogP contribution in [0.4, 0.5) is 0 Å². The molecule has 1 aromatic rings. The van der Waals surface area contributed by atoms with Gasteiger partial charge >= 0.3 is 0 Å². The van der Waals surface area contributed by atoms with Crippen LogP contribution in [0.3, 0.4) is 0 Å². The molecular weight excluding hydrogens is 324 g/mol. The molecule has 3 N–H and O–H groups in total. The second kappa shape index (κ2) is 11.4. The Morgan fingerprint density at radius 2 is 1.81 bits per heavy atom. The summed E-state index contributed by atoms with van der Waals surface area (Å²) in [5, 5.41) is 13.4. The van der Waals surface area contributed by atoms with E-state index in [1.54, 1.807) is 20.3 Å². The van der Waals surface area contributed by atoms with Gasteiger partial charge in [-0.1, -0.05) is 9.37 Å². The number of benzene rings is 1. The molecule has 0 atom stereocenters. The van der Waals surface area contributed by atoms with Crippen LogP contribution in [0.2, 0.25) is 0 Å². The van der Waals surface area contributed by atoms with E-state index in [9.17, 15) is 0 Å². The minimum absolute atomic E-state index is 0. The summed E-state index contributed by atoms with van der Waals surface area (Å²) in [5.74, 6) is 1.32. The SMILES string of the molecule is COc1cc(SOOC#CSOOO)c(OC)cc1C.O. The van der Waals surface area contributed by atoms with Crippen LogP contribution in [0.15, 0.2) is 17.0 Å². The maximum atomic E-state index is 7.83. The van der Waals surface area contributed by atoms with Gasteiger partial charge in [0.15, 0.2) is 6.11 Å². The van der Waals surface area contributed by atoms with Crippen molar-refractivity contribution in [3.63, 3.8) is 0 Å². The zero-order valence-corrected chi connectivity index (χ0v) is 13.0. The molecule has 0 fully saturated rings. The first-order chi connectivity index (χ1) is 9.72. The molecule has 0 aliphatic carbocycles. The summed E-state index contributed by atoms with van der Waals surface area (Å²) >= 11 is 1.44. The van der Waals surface area contributed by atoms with Gasteiger partial charge in [-0.15, -0.1) is 4.33 Å². The fraction of sp³-hybridized carbons (Fsp3) is 0.273. The quantitative estimate of drug-likeness (QED) is 0.263. The normalized spacial score (nSPS) is 9.14. The van der Waals surface area contributed by atoms with E-state index in [1.807, 2.05) is 13.0 Å². The first-order valence-corrected chi connectivity index (χ1v) is 6.57. The molecule has 0 aliphatic rings. The lowest BCUT2D eigenvalue weighted by molar-refractivity contribution is -0.431. The lowest BCUT2D eigenvalue weighted by Gasteiger charge is -2.10. The van der Waals surface area contributed by atoms with Crippen LogP contribution in [0, 0.1) is 18.3 Å². The topological polar surface area (TPSA) is 107 Å². The molecule has 1 aromatic carbocycles. The van der Waals surface area contributed by atoms with E-state index < -0.39 is 0 Å². The molecule has 1 rings (SSSR count). The third-order valence-electron chi connectivity index (χ3n) is 2.03. The Bertz CT molecular complexity index is 485. The van der Waals surface area contributed by atoms with Gasteiger partial charge in [-0.05, 0) is 18.6 Å². The molecule has 21 heavy (non-hydrogen) atoms. The van der Waals surface area contributed by atoms with Crippen molar-refractivity contribution < 1.29 is 38.8 Å². The van der Waals surface area contributed by atoms with Crippen LogP contribution >= 0.6 is 24.1 Å². The van der Waals surface area contributed by atoms with Gasteiger partial charge in [0.25, 0.3) is 0 Å². The molecule has 0 spiro atoms. The first-order valence-electron chi connectivity index (χ1n) is 5.09. The van der Waals surface area contributed by atoms with Gasteiger partial charge in [-0.25, -0.2) is 5.26 Å². The van der Waals surface area contributed by atoms with Crippen LogP contribution in [0.1, 0.15) is 5.56 Å². The zero-order chi connectivity index (χ0) is 14.8. The molecule has 0 aliphatic heterocycles. The molecular formula is C11H14O8S2. The predicted molar refractivity (Wildman–Crippen MR) is 76.1 cm³/mol. The number of ether oxygens (including phenoxy) is 2. The first kappa shape index (κ1) is 19.7. The molecule has 0 saturated heterocycles. The van der Waals surface area contributed by atoms with E-state index in [1.165, 1.54) is 0 Å². The molecule has 0 saturated carbocycles. The van der Waals surface area contributed by atoms with Crippen molar-refractivity contribution in [3.8, 4) is 22.9 Å². The zero-order valence-electron chi connectivity index (χ0n) is 11.4. The molecule has 0 amide bonds. The highest BCUT2D eigenvalue weighted by Crippen LogP contribution is 2.35. The highest BCUT2D eigenvalue weighted by molar-refractivity contribution is 7.99. The van der Waals surface area contributed by atoms with E-state index in [0.717, 1.165) is 17.6 Å². The van der Waals surface area contributed by atoms with Gasteiger partial charge < -0.3 is 14.9 Å². The Balaban J connectivity index is 0.00000400. The summed E-state index contributed by atoms with van der Waals surface area (Å²) < 4.78 is 19.2. The summed E-state index contributed by atoms with van der Waals surface area (Å²) in [6.07, 6.45) is 2.15. The summed E-state index contributed by atoms with van der Waals surface area (Å²) in [5.41, 5.74) is 0.937. The summed E-state index contributed by atoms with van der Waals surface area (Å²) in [6.45, 7) is 1.90. The molecule has 8 nitrogen and oxygen atoms in total. The average Bonchev–Trinajstić information content (AvgIpc) is 2.47. The monoisotopic (exact) mass is 338 g/mol. The Morgan fingerprint density at radius 3 is 2.43 bits per heavy atom. The van der Waals surface area contributed by atoms with Gasteiger partial charge in [-0.2, -0.15) is 0 Å². The Morgan fingerprint density at radius 1 is 1.10 bits per heavy atom. The van der Waals surface area contributed by atoms with Crippen molar-refractivity contribution in [2.24, 2.45) is 0 Å². The van der Waals surface area contributed by atoms with Gasteiger partial charge in [0.1, 0.15) is 23.5 Å². The van der Waals surface area contributed by atoms with Gasteiger partial charge in [-0.3, -0.25) is 4.89 Å². The van der Waals surface area contributed by atoms with Crippen LogP contribution in [-0.2, 0) is 18.6 Å². The molecule has 0 radical (unpaired) electrons. The standard InChI is InChI=1S/C11H12O7S2.H2O/c1-8-6-10(14-3)11(7-9(8)13-2)20-17-15-4-5-19-18-16-12;/h6-7,12H,1-3H3;1H2. The van der Waals surface area contributed by atoms with E-state index in [2.05, 4.69) is 25.6 Å². The van der Waals surface area contributed by atoms with E-state index in [0.29, 0.717) is 28.4 Å². The second-order valence-corrected chi connectivity index (χ2v) is 4.39. The van der Waals surface area contributed by atoms with Crippen molar-refractivity contribution in [2.45, 2.75) is 11.8 Å². The van der Waals surface area contributed by atoms with Crippen molar-refractivity contribution in [3.05, 3.63) is 17.7 Å². The van der Waals surface area contributed by atoms with Crippen molar-refractivity contribution in [2.75, 3.05) is 14.2 Å². The fourth-order valence-electron chi connectivity index (χ4n) is 1.22. The number of methoxy groups -OCH3 is 2. The van der Waals surface area contributed by atoms with E-state index in [4.69, 9.17) is 19.1 Å². The maximum Gasteiger partial charge on any atom is 0.173 e. The minimum atomic E-state index is 0. The molecule has 0 bridgehead atoms. The maximum absolute atomic E-state index is 7.83. The lowest BCUT2D eigenvalue weighted by Crippen LogP contribution is -1.92. The number of hydrogen-bond acceptors (Lipinski definition) is 9. The molecule has 118 valence electrons. The van der Waals surface area contributed by atoms with Gasteiger partial charge in [0.05, 0.1) is 31.2 Å². The number of rotatable bonds is 7. The Kier molecular flexibility index (Phi) is 10.6. The average molecular weight is 338 g/mol. The minimum Gasteiger partial charge on any atom is -0.496 e. The smallest absolute Gasteiger partial charge is 0.173 e. The summed E-state index contributed by atoms with van der Waals surface area (Å²) in [7, 11) is 3.13. The summed E-state index contributed by atoms with van der Waals surface area (Å²) in [6, 6.07) is 3.57. The van der Waals surface area contributed by atoms with Crippen molar-refractivity contribution in [1.29, 1.82) is 0 Å². The third-order valence-corrected chi connectivity index (χ3v) is 2.96. The predicted octanol–water partition coefficient (Wildman–Crippen LogP) is 2.13. The van der Waals surface area contributed by atoms with Crippen LogP contribution in [0.5, 0.6) is 11.5 Å². The lowest BCUT2D eigenvalue weighted by atomic mass is 10.2. The number of aryl methyl sites for hydroxylation is 1. The van der Waals surface area contributed by atoms with Crippen LogP contribution in [-0.4, -0.2) is 25.0 Å². The van der Waals surface area contributed by atoms with Crippen molar-refractivity contribution in [1.82, 2.24) is 0 Å². The molecule has 10 heteroatoms. The van der Waals surface area contributed by atoms with Crippen molar-refractivity contribution >= 4 is 24.1 Å². The fourth-order valence-corrected chi connectivity index (χ4v) is 1.88. The summed E-state index contributed by atoms with van der Waals surface area (Å²) in [4.78, 5) is 5.22. The highest BCUT2D eigenvalue weighted by Gasteiger charge is 2.10. The van der Waals surface area contributed by atoms with E-state index in [-0.39, 0.29) is 5.48 Å². The third kappa shape index (κ3) is 6.78. The molecule has 0 heterocycles. The number of hydrogen-bond donors (Lipinski definition) is 1. The second-order valence-electron chi connectivity index (χ2n) is 3.14. The Hall–Kier alpha value is -1.32. The largest absolute Gasteiger partial charge is 0.496 e. The molecule has 0 unspecified atom stereocenters. The van der Waals surface area contributed by atoms with Gasteiger partial charge in [0, 0.05) is 11.3 Å². The van der Waals surface area contributed by atoms with Crippen LogP contribution < -0.4 is 9.47 Å². The van der Waals surface area contributed by atoms with Crippen LogP contribution in [0.25, 0.3) is 0 Å². The Labute approximate surface area is 130 Å². The molecule has 0 aromatic heterocycles.